The number of aliphatic hydroxyl groups excluding tert-OH is 1. The van der Waals surface area contributed by atoms with E-state index in [4.69, 9.17) is 16.3 Å². The van der Waals surface area contributed by atoms with Crippen LogP contribution in [-0.2, 0) is 0 Å². The van der Waals surface area contributed by atoms with Crippen LogP contribution in [-0.4, -0.2) is 24.1 Å². The molecule has 4 heteroatoms. The molecule has 90 valence electrons. The molecular weight excluding hydrogens is 244 g/mol. The van der Waals surface area contributed by atoms with E-state index in [0.29, 0.717) is 16.7 Å². The normalized spacial score (nSPS) is 12.9. The molecule has 0 saturated carbocycles. The summed E-state index contributed by atoms with van der Waals surface area (Å²) in [7, 11) is 1.60. The number of halogens is 1. The summed E-state index contributed by atoms with van der Waals surface area (Å²) in [6.45, 7) is 4.37. The van der Waals surface area contributed by atoms with Crippen LogP contribution in [0, 0.1) is 5.92 Å². The summed E-state index contributed by atoms with van der Waals surface area (Å²) in [4.78, 5) is 1.05. The number of rotatable bonds is 5. The molecule has 1 unspecified atom stereocenters. The number of hydrogen-bond acceptors (Lipinski definition) is 3. The van der Waals surface area contributed by atoms with Crippen molar-refractivity contribution in [2.24, 2.45) is 5.92 Å². The minimum absolute atomic E-state index is 0.173. The Morgan fingerprint density at radius 2 is 2.12 bits per heavy atom. The zero-order valence-corrected chi connectivity index (χ0v) is 11.3. The standard InChI is InChI=1S/C12H17ClO2S/c1-8(2)12(7-14)16-9-4-5-11(15-3)10(13)6-9/h4-6,8,12,14H,7H2,1-3H3. The van der Waals surface area contributed by atoms with Crippen LogP contribution in [0.15, 0.2) is 23.1 Å². The molecule has 1 aromatic carbocycles. The maximum atomic E-state index is 9.25. The Hall–Kier alpha value is -0.380. The van der Waals surface area contributed by atoms with Crippen LogP contribution in [0.3, 0.4) is 0 Å². The minimum atomic E-state index is 0.173. The van der Waals surface area contributed by atoms with Crippen molar-refractivity contribution >= 4 is 23.4 Å². The monoisotopic (exact) mass is 260 g/mol. The van der Waals surface area contributed by atoms with Crippen LogP contribution in [0.1, 0.15) is 13.8 Å². The Morgan fingerprint density at radius 1 is 1.44 bits per heavy atom. The molecule has 1 atom stereocenters. The predicted octanol–water partition coefficient (Wildman–Crippen LogP) is 3.46. The Kier molecular flexibility index (Phi) is 5.46. The average Bonchev–Trinajstić information content (AvgIpc) is 2.25. The second-order valence-electron chi connectivity index (χ2n) is 3.88. The van der Waals surface area contributed by atoms with Crippen LogP contribution in [0.2, 0.25) is 5.02 Å². The van der Waals surface area contributed by atoms with E-state index in [1.807, 2.05) is 18.2 Å². The molecule has 1 N–H and O–H groups in total. The van der Waals surface area contributed by atoms with Gasteiger partial charge in [0, 0.05) is 10.1 Å². The number of hydrogen-bond donors (Lipinski definition) is 1. The molecule has 1 aromatic rings. The highest BCUT2D eigenvalue weighted by molar-refractivity contribution is 8.00. The minimum Gasteiger partial charge on any atom is -0.495 e. The Balaban J connectivity index is 2.78. The molecule has 0 aliphatic rings. The van der Waals surface area contributed by atoms with Crippen LogP contribution >= 0.6 is 23.4 Å². The first kappa shape index (κ1) is 13.7. The fraction of sp³-hybridized carbons (Fsp3) is 0.500. The number of aliphatic hydroxyl groups is 1. The van der Waals surface area contributed by atoms with Crippen LogP contribution in [0.5, 0.6) is 5.75 Å². The summed E-state index contributed by atoms with van der Waals surface area (Å²) in [5, 5.41) is 10.1. The highest BCUT2D eigenvalue weighted by Crippen LogP contribution is 2.33. The Morgan fingerprint density at radius 3 is 2.56 bits per heavy atom. The number of benzene rings is 1. The van der Waals surface area contributed by atoms with E-state index in [-0.39, 0.29) is 11.9 Å². The molecule has 0 heterocycles. The summed E-state index contributed by atoms with van der Waals surface area (Å²) in [5.74, 6) is 1.10. The van der Waals surface area contributed by atoms with E-state index in [1.54, 1.807) is 18.9 Å². The Labute approximate surface area is 106 Å². The zero-order chi connectivity index (χ0) is 12.1. The van der Waals surface area contributed by atoms with Crippen molar-refractivity contribution < 1.29 is 9.84 Å². The van der Waals surface area contributed by atoms with Gasteiger partial charge < -0.3 is 9.84 Å². The first-order valence-corrected chi connectivity index (χ1v) is 6.45. The SMILES string of the molecule is COc1ccc(SC(CO)C(C)C)cc1Cl. The van der Waals surface area contributed by atoms with Crippen molar-refractivity contribution in [2.75, 3.05) is 13.7 Å². The fourth-order valence-corrected chi connectivity index (χ4v) is 2.63. The number of ether oxygens (including phenoxy) is 1. The third kappa shape index (κ3) is 3.58. The lowest BCUT2D eigenvalue weighted by Crippen LogP contribution is -2.15. The second kappa shape index (κ2) is 6.38. The van der Waals surface area contributed by atoms with E-state index in [2.05, 4.69) is 13.8 Å². The van der Waals surface area contributed by atoms with Gasteiger partial charge in [-0.2, -0.15) is 0 Å². The molecule has 0 aromatic heterocycles. The maximum absolute atomic E-state index is 9.25. The van der Waals surface area contributed by atoms with Gasteiger partial charge in [-0.05, 0) is 24.1 Å². The highest BCUT2D eigenvalue weighted by Gasteiger charge is 2.14. The molecule has 0 aliphatic carbocycles. The molecular formula is C12H17ClO2S. The number of thioether (sulfide) groups is 1. The molecule has 0 amide bonds. The quantitative estimate of drug-likeness (QED) is 0.823. The molecule has 0 aliphatic heterocycles. The Bertz CT molecular complexity index is 342. The zero-order valence-electron chi connectivity index (χ0n) is 9.74. The van der Waals surface area contributed by atoms with Gasteiger partial charge in [-0.25, -0.2) is 0 Å². The molecule has 16 heavy (non-hydrogen) atoms. The van der Waals surface area contributed by atoms with Crippen molar-refractivity contribution in [1.82, 2.24) is 0 Å². The van der Waals surface area contributed by atoms with Crippen molar-refractivity contribution in [1.29, 1.82) is 0 Å². The van der Waals surface area contributed by atoms with Gasteiger partial charge in [-0.1, -0.05) is 25.4 Å². The topological polar surface area (TPSA) is 29.5 Å². The summed E-state index contributed by atoms with van der Waals surface area (Å²) in [6, 6.07) is 5.68. The molecule has 0 bridgehead atoms. The second-order valence-corrected chi connectivity index (χ2v) is 5.60. The number of methoxy groups -OCH3 is 1. The lowest BCUT2D eigenvalue weighted by Gasteiger charge is -2.17. The van der Waals surface area contributed by atoms with Gasteiger partial charge in [0.05, 0.1) is 18.7 Å². The van der Waals surface area contributed by atoms with E-state index in [0.717, 1.165) is 4.90 Å². The molecule has 2 nitrogen and oxygen atoms in total. The van der Waals surface area contributed by atoms with Gasteiger partial charge in [0.2, 0.25) is 0 Å². The van der Waals surface area contributed by atoms with Gasteiger partial charge in [-0.15, -0.1) is 11.8 Å². The summed E-state index contributed by atoms with van der Waals surface area (Å²) >= 11 is 7.68. The predicted molar refractivity (Wildman–Crippen MR) is 69.6 cm³/mol. The average molecular weight is 261 g/mol. The molecule has 0 fully saturated rings. The van der Waals surface area contributed by atoms with E-state index in [9.17, 15) is 5.11 Å². The van der Waals surface area contributed by atoms with Gasteiger partial charge in [0.25, 0.3) is 0 Å². The fourth-order valence-electron chi connectivity index (χ4n) is 1.28. The lowest BCUT2D eigenvalue weighted by atomic mass is 10.1. The van der Waals surface area contributed by atoms with E-state index < -0.39 is 0 Å². The van der Waals surface area contributed by atoms with Gasteiger partial charge in [0.1, 0.15) is 5.75 Å². The summed E-state index contributed by atoms with van der Waals surface area (Å²) in [5.41, 5.74) is 0. The van der Waals surface area contributed by atoms with Crippen molar-refractivity contribution in [2.45, 2.75) is 24.0 Å². The van der Waals surface area contributed by atoms with E-state index in [1.165, 1.54) is 0 Å². The first-order valence-electron chi connectivity index (χ1n) is 5.19. The van der Waals surface area contributed by atoms with Gasteiger partial charge >= 0.3 is 0 Å². The third-order valence-electron chi connectivity index (χ3n) is 2.33. The summed E-state index contributed by atoms with van der Waals surface area (Å²) < 4.78 is 5.09. The smallest absolute Gasteiger partial charge is 0.137 e. The van der Waals surface area contributed by atoms with Crippen LogP contribution in [0.4, 0.5) is 0 Å². The van der Waals surface area contributed by atoms with Crippen LogP contribution in [0.25, 0.3) is 0 Å². The van der Waals surface area contributed by atoms with Crippen LogP contribution < -0.4 is 4.74 Å². The largest absolute Gasteiger partial charge is 0.495 e. The molecule has 1 rings (SSSR count). The molecule has 0 spiro atoms. The van der Waals surface area contributed by atoms with Gasteiger partial charge in [0.15, 0.2) is 0 Å². The molecule has 0 saturated heterocycles. The first-order chi connectivity index (χ1) is 7.58. The van der Waals surface area contributed by atoms with Crippen molar-refractivity contribution in [3.63, 3.8) is 0 Å². The van der Waals surface area contributed by atoms with Crippen molar-refractivity contribution in [3.8, 4) is 5.75 Å². The lowest BCUT2D eigenvalue weighted by molar-refractivity contribution is 0.275. The van der Waals surface area contributed by atoms with E-state index >= 15 is 0 Å². The van der Waals surface area contributed by atoms with Gasteiger partial charge in [-0.3, -0.25) is 0 Å². The maximum Gasteiger partial charge on any atom is 0.137 e. The van der Waals surface area contributed by atoms with Crippen molar-refractivity contribution in [3.05, 3.63) is 23.2 Å². The highest BCUT2D eigenvalue weighted by atomic mass is 35.5. The summed E-state index contributed by atoms with van der Waals surface area (Å²) in [6.07, 6.45) is 0. The molecule has 0 radical (unpaired) electrons. The third-order valence-corrected chi connectivity index (χ3v) is 4.15.